The average Bonchev–Trinajstić information content (AvgIpc) is 2.44. The molecule has 0 aromatic heterocycles. The molecular weight excluding hydrogens is 312 g/mol. The molecule has 21 heavy (non-hydrogen) atoms. The van der Waals surface area contributed by atoms with Crippen molar-refractivity contribution in [3.05, 3.63) is 0 Å². The van der Waals surface area contributed by atoms with Crippen LogP contribution in [0.3, 0.4) is 0 Å². The molecule has 0 aliphatic heterocycles. The van der Waals surface area contributed by atoms with Gasteiger partial charge in [0.25, 0.3) is 0 Å². The van der Waals surface area contributed by atoms with E-state index in [1.54, 1.807) is 6.92 Å². The third-order valence-corrected chi connectivity index (χ3v) is 5.67. The Balaban J connectivity index is 2.45. The van der Waals surface area contributed by atoms with Crippen LogP contribution in [0.25, 0.3) is 0 Å². The minimum Gasteiger partial charge on any atom is -0.480 e. The third kappa shape index (κ3) is 7.08. The maximum absolute atomic E-state index is 11.5. The van der Waals surface area contributed by atoms with E-state index in [0.717, 1.165) is 25.7 Å². The summed E-state index contributed by atoms with van der Waals surface area (Å²) in [5.74, 6) is -1.22. The summed E-state index contributed by atoms with van der Waals surface area (Å²) in [6.45, 7) is 1.55. The van der Waals surface area contributed by atoms with Crippen LogP contribution in [0.4, 0.5) is 0 Å². The number of sulfone groups is 1. The molecule has 8 heteroatoms. The van der Waals surface area contributed by atoms with Crippen molar-refractivity contribution in [3.8, 4) is 0 Å². The molecule has 0 spiro atoms. The van der Waals surface area contributed by atoms with Gasteiger partial charge >= 0.3 is 5.97 Å². The molecule has 0 saturated heterocycles. The van der Waals surface area contributed by atoms with E-state index in [4.69, 9.17) is 17.3 Å². The zero-order valence-corrected chi connectivity index (χ0v) is 13.9. The molecule has 1 saturated carbocycles. The second-order valence-corrected chi connectivity index (χ2v) is 8.25. The zero-order chi connectivity index (χ0) is 15.9. The lowest BCUT2D eigenvalue weighted by molar-refractivity contribution is -0.139. The van der Waals surface area contributed by atoms with Crippen molar-refractivity contribution in [1.29, 1.82) is 0 Å². The Bertz CT molecular complexity index is 459. The van der Waals surface area contributed by atoms with Crippen LogP contribution in [0.2, 0.25) is 0 Å². The molecule has 122 valence electrons. The van der Waals surface area contributed by atoms with Gasteiger partial charge in [-0.05, 0) is 31.5 Å². The van der Waals surface area contributed by atoms with Gasteiger partial charge in [0.05, 0.1) is 5.75 Å². The van der Waals surface area contributed by atoms with Crippen LogP contribution >= 0.6 is 12.2 Å². The van der Waals surface area contributed by atoms with Gasteiger partial charge in [-0.1, -0.05) is 26.2 Å². The normalized spacial score (nSPS) is 18.0. The minimum atomic E-state index is -3.18. The smallest absolute Gasteiger partial charge is 0.326 e. The topological polar surface area (TPSA) is 95.5 Å². The Morgan fingerprint density at radius 1 is 1.33 bits per heavy atom. The average molecular weight is 336 g/mol. The Hall–Kier alpha value is -0.890. The van der Waals surface area contributed by atoms with Crippen molar-refractivity contribution in [2.45, 2.75) is 57.5 Å². The van der Waals surface area contributed by atoms with Gasteiger partial charge in [0.15, 0.2) is 5.11 Å². The summed E-state index contributed by atoms with van der Waals surface area (Å²) in [6.07, 6.45) is 5.60. The zero-order valence-electron chi connectivity index (χ0n) is 12.3. The molecule has 1 aliphatic carbocycles. The van der Waals surface area contributed by atoms with Crippen LogP contribution in [-0.2, 0) is 14.6 Å². The van der Waals surface area contributed by atoms with E-state index in [9.17, 15) is 13.2 Å². The first-order chi connectivity index (χ1) is 9.84. The molecular formula is C13H24N2O4S2. The quantitative estimate of drug-likeness (QED) is 0.598. The molecule has 0 amide bonds. The number of carbonyl (C=O) groups is 1. The molecule has 0 bridgehead atoms. The summed E-state index contributed by atoms with van der Waals surface area (Å²) in [7, 11) is -3.18. The van der Waals surface area contributed by atoms with Gasteiger partial charge in [-0.15, -0.1) is 0 Å². The number of aliphatic carboxylic acids is 1. The number of rotatable bonds is 7. The maximum Gasteiger partial charge on any atom is 0.326 e. The summed E-state index contributed by atoms with van der Waals surface area (Å²) in [5.41, 5.74) is 0. The van der Waals surface area contributed by atoms with Crippen molar-refractivity contribution in [1.82, 2.24) is 10.6 Å². The highest BCUT2D eigenvalue weighted by atomic mass is 32.2. The van der Waals surface area contributed by atoms with Gasteiger partial charge in [0.2, 0.25) is 0 Å². The van der Waals surface area contributed by atoms with Crippen LogP contribution in [0.15, 0.2) is 0 Å². The summed E-state index contributed by atoms with van der Waals surface area (Å²) in [5, 5.41) is 15.3. The fraction of sp³-hybridized carbons (Fsp3) is 0.846. The second-order valence-electron chi connectivity index (χ2n) is 5.37. The summed E-state index contributed by atoms with van der Waals surface area (Å²) >= 11 is 5.13. The molecule has 1 fully saturated rings. The first-order valence-electron chi connectivity index (χ1n) is 7.34. The number of thiocarbonyl (C=S) groups is 1. The van der Waals surface area contributed by atoms with Gasteiger partial charge < -0.3 is 15.7 Å². The lowest BCUT2D eigenvalue weighted by Crippen LogP contribution is -2.49. The summed E-state index contributed by atoms with van der Waals surface area (Å²) < 4.78 is 22.9. The standard InChI is InChI=1S/C13H24N2O4S2/c1-2-21(18,19)9-8-11(12(16)17)15-13(20)14-10-6-4-3-5-7-10/h10-11H,2-9H2,1H3,(H,16,17)(H2,14,15,20). The number of nitrogens with one attached hydrogen (secondary N) is 2. The fourth-order valence-corrected chi connectivity index (χ4v) is 3.52. The van der Waals surface area contributed by atoms with Gasteiger partial charge in [-0.25, -0.2) is 13.2 Å². The number of carboxylic acid groups (broad SMARTS) is 1. The molecule has 1 unspecified atom stereocenters. The van der Waals surface area contributed by atoms with Gasteiger partial charge in [-0.2, -0.15) is 0 Å². The number of hydrogen-bond acceptors (Lipinski definition) is 4. The van der Waals surface area contributed by atoms with E-state index < -0.39 is 21.8 Å². The van der Waals surface area contributed by atoms with Crippen LogP contribution in [-0.4, -0.2) is 48.2 Å². The Kier molecular flexibility index (Phi) is 7.37. The van der Waals surface area contributed by atoms with Crippen LogP contribution in [0.5, 0.6) is 0 Å². The maximum atomic E-state index is 11.5. The third-order valence-electron chi connectivity index (χ3n) is 3.70. The SMILES string of the molecule is CCS(=O)(=O)CCC(NC(=S)NC1CCCCC1)C(=O)O. The Labute approximate surface area is 131 Å². The Morgan fingerprint density at radius 2 is 1.95 bits per heavy atom. The summed E-state index contributed by atoms with van der Waals surface area (Å²) in [4.78, 5) is 11.2. The van der Waals surface area contributed by atoms with E-state index in [2.05, 4.69) is 10.6 Å². The van der Waals surface area contributed by atoms with Crippen LogP contribution in [0, 0.1) is 0 Å². The lowest BCUT2D eigenvalue weighted by atomic mass is 9.96. The fourth-order valence-electron chi connectivity index (χ4n) is 2.33. The van der Waals surface area contributed by atoms with Crippen LogP contribution < -0.4 is 10.6 Å². The van der Waals surface area contributed by atoms with Gasteiger partial charge in [0, 0.05) is 11.8 Å². The van der Waals surface area contributed by atoms with Crippen LogP contribution in [0.1, 0.15) is 45.4 Å². The summed E-state index contributed by atoms with van der Waals surface area (Å²) in [6, 6.07) is -0.692. The monoisotopic (exact) mass is 336 g/mol. The molecule has 3 N–H and O–H groups in total. The van der Waals surface area contributed by atoms with E-state index in [-0.39, 0.29) is 24.0 Å². The first kappa shape index (κ1) is 18.2. The van der Waals surface area contributed by atoms with Crippen molar-refractivity contribution in [2.24, 2.45) is 0 Å². The van der Waals surface area contributed by atoms with Gasteiger partial charge in [-0.3, -0.25) is 0 Å². The molecule has 0 heterocycles. The molecule has 1 rings (SSSR count). The second kappa shape index (κ2) is 8.53. The highest BCUT2D eigenvalue weighted by Gasteiger charge is 2.22. The van der Waals surface area contributed by atoms with Gasteiger partial charge in [0.1, 0.15) is 15.9 Å². The first-order valence-corrected chi connectivity index (χ1v) is 9.57. The molecule has 0 aromatic rings. The van der Waals surface area contributed by atoms with E-state index in [0.29, 0.717) is 5.11 Å². The molecule has 1 atom stereocenters. The van der Waals surface area contributed by atoms with E-state index >= 15 is 0 Å². The van der Waals surface area contributed by atoms with Crippen molar-refractivity contribution >= 4 is 33.1 Å². The predicted molar refractivity (Wildman–Crippen MR) is 86.1 cm³/mol. The highest BCUT2D eigenvalue weighted by Crippen LogP contribution is 2.17. The largest absolute Gasteiger partial charge is 0.480 e. The van der Waals surface area contributed by atoms with E-state index in [1.807, 2.05) is 0 Å². The minimum absolute atomic E-state index is 0.0119. The predicted octanol–water partition coefficient (Wildman–Crippen LogP) is 1.06. The Morgan fingerprint density at radius 3 is 2.48 bits per heavy atom. The molecule has 0 aromatic carbocycles. The molecule has 6 nitrogen and oxygen atoms in total. The van der Waals surface area contributed by atoms with E-state index in [1.165, 1.54) is 6.42 Å². The molecule has 0 radical (unpaired) electrons. The number of carboxylic acids is 1. The molecule has 1 aliphatic rings. The van der Waals surface area contributed by atoms with Crippen molar-refractivity contribution < 1.29 is 18.3 Å². The van der Waals surface area contributed by atoms with Crippen molar-refractivity contribution in [3.63, 3.8) is 0 Å². The highest BCUT2D eigenvalue weighted by molar-refractivity contribution is 7.91. The lowest BCUT2D eigenvalue weighted by Gasteiger charge is -2.25. The number of hydrogen-bond donors (Lipinski definition) is 3. The van der Waals surface area contributed by atoms with Crippen molar-refractivity contribution in [2.75, 3.05) is 11.5 Å².